The molecule has 1 N–H and O–H groups in total. The zero-order chi connectivity index (χ0) is 13.9. The molecule has 2 heteroatoms. The van der Waals surface area contributed by atoms with E-state index in [9.17, 15) is 4.39 Å². The van der Waals surface area contributed by atoms with Crippen molar-refractivity contribution in [1.82, 2.24) is 0 Å². The van der Waals surface area contributed by atoms with Crippen molar-refractivity contribution in [2.75, 3.05) is 5.32 Å². The van der Waals surface area contributed by atoms with E-state index in [2.05, 4.69) is 35.6 Å². The molecule has 0 atom stereocenters. The SMILES string of the molecule is Cc1c(F)cccc1NCc1cccc2ccccc12. The molecule has 0 saturated carbocycles. The van der Waals surface area contributed by atoms with Crippen LogP contribution in [-0.2, 0) is 6.54 Å². The number of halogens is 1. The van der Waals surface area contributed by atoms with Crippen LogP contribution >= 0.6 is 0 Å². The summed E-state index contributed by atoms with van der Waals surface area (Å²) in [6.07, 6.45) is 0. The third kappa shape index (κ3) is 2.37. The second-order valence-electron chi connectivity index (χ2n) is 4.90. The minimum absolute atomic E-state index is 0.173. The van der Waals surface area contributed by atoms with Gasteiger partial charge < -0.3 is 5.32 Å². The predicted molar refractivity (Wildman–Crippen MR) is 82.4 cm³/mol. The zero-order valence-electron chi connectivity index (χ0n) is 11.4. The fourth-order valence-electron chi connectivity index (χ4n) is 2.44. The van der Waals surface area contributed by atoms with E-state index in [1.54, 1.807) is 13.0 Å². The minimum Gasteiger partial charge on any atom is -0.381 e. The minimum atomic E-state index is -0.173. The molecule has 0 aromatic heterocycles. The summed E-state index contributed by atoms with van der Waals surface area (Å²) in [7, 11) is 0. The van der Waals surface area contributed by atoms with E-state index >= 15 is 0 Å². The quantitative estimate of drug-likeness (QED) is 0.710. The van der Waals surface area contributed by atoms with Gasteiger partial charge in [-0.15, -0.1) is 0 Å². The van der Waals surface area contributed by atoms with Gasteiger partial charge in [0.15, 0.2) is 0 Å². The molecule has 0 aliphatic rings. The molecule has 0 bridgehead atoms. The van der Waals surface area contributed by atoms with Gasteiger partial charge in [-0.25, -0.2) is 4.39 Å². The lowest BCUT2D eigenvalue weighted by atomic mass is 10.0. The number of benzene rings is 3. The molecule has 0 amide bonds. The van der Waals surface area contributed by atoms with Gasteiger partial charge in [0.1, 0.15) is 5.82 Å². The smallest absolute Gasteiger partial charge is 0.128 e. The summed E-state index contributed by atoms with van der Waals surface area (Å²) in [4.78, 5) is 0. The Kier molecular flexibility index (Phi) is 3.38. The molecule has 0 radical (unpaired) electrons. The van der Waals surface area contributed by atoms with Crippen LogP contribution in [0.4, 0.5) is 10.1 Å². The van der Waals surface area contributed by atoms with Crippen LogP contribution < -0.4 is 5.32 Å². The van der Waals surface area contributed by atoms with E-state index in [-0.39, 0.29) is 5.82 Å². The number of hydrogen-bond acceptors (Lipinski definition) is 1. The largest absolute Gasteiger partial charge is 0.381 e. The van der Waals surface area contributed by atoms with Crippen LogP contribution in [0.2, 0.25) is 0 Å². The Morgan fingerprint density at radius 2 is 1.65 bits per heavy atom. The molecule has 3 aromatic carbocycles. The van der Waals surface area contributed by atoms with E-state index in [0.717, 1.165) is 5.69 Å². The predicted octanol–water partition coefficient (Wildman–Crippen LogP) is 4.90. The third-order valence-corrected chi connectivity index (χ3v) is 3.62. The lowest BCUT2D eigenvalue weighted by molar-refractivity contribution is 0.619. The highest BCUT2D eigenvalue weighted by Crippen LogP contribution is 2.22. The summed E-state index contributed by atoms with van der Waals surface area (Å²) in [6.45, 7) is 2.48. The molecule has 0 aliphatic heterocycles. The van der Waals surface area contributed by atoms with Gasteiger partial charge >= 0.3 is 0 Å². The molecule has 1 nitrogen and oxygen atoms in total. The van der Waals surface area contributed by atoms with Crippen LogP contribution in [0.5, 0.6) is 0 Å². The molecule has 0 unspecified atom stereocenters. The molecule has 0 aliphatic carbocycles. The van der Waals surface area contributed by atoms with Gasteiger partial charge in [-0.3, -0.25) is 0 Å². The Bertz CT molecular complexity index is 744. The summed E-state index contributed by atoms with van der Waals surface area (Å²) in [6, 6.07) is 19.7. The summed E-state index contributed by atoms with van der Waals surface area (Å²) in [5.41, 5.74) is 2.72. The second kappa shape index (κ2) is 5.33. The van der Waals surface area contributed by atoms with Gasteiger partial charge in [-0.05, 0) is 35.4 Å². The van der Waals surface area contributed by atoms with Crippen molar-refractivity contribution in [3.8, 4) is 0 Å². The number of anilines is 1. The fourth-order valence-corrected chi connectivity index (χ4v) is 2.44. The molecular weight excluding hydrogens is 249 g/mol. The van der Waals surface area contributed by atoms with Gasteiger partial charge in [0, 0.05) is 17.8 Å². The highest BCUT2D eigenvalue weighted by atomic mass is 19.1. The topological polar surface area (TPSA) is 12.0 Å². The van der Waals surface area contributed by atoms with Crippen LogP contribution in [0, 0.1) is 12.7 Å². The van der Waals surface area contributed by atoms with Crippen molar-refractivity contribution in [3.05, 3.63) is 77.6 Å². The molecule has 0 heterocycles. The monoisotopic (exact) mass is 265 g/mol. The summed E-state index contributed by atoms with van der Waals surface area (Å²) < 4.78 is 13.5. The first-order valence-corrected chi connectivity index (χ1v) is 6.71. The zero-order valence-corrected chi connectivity index (χ0v) is 11.4. The number of fused-ring (bicyclic) bond motifs is 1. The summed E-state index contributed by atoms with van der Waals surface area (Å²) in [5.74, 6) is -0.173. The number of rotatable bonds is 3. The average Bonchev–Trinajstić information content (AvgIpc) is 2.49. The molecule has 20 heavy (non-hydrogen) atoms. The van der Waals surface area contributed by atoms with Crippen LogP contribution in [0.1, 0.15) is 11.1 Å². The van der Waals surface area contributed by atoms with E-state index in [1.807, 2.05) is 18.2 Å². The van der Waals surface area contributed by atoms with E-state index in [1.165, 1.54) is 22.4 Å². The molecule has 3 rings (SSSR count). The van der Waals surface area contributed by atoms with Crippen LogP contribution in [0.15, 0.2) is 60.7 Å². The van der Waals surface area contributed by atoms with Crippen molar-refractivity contribution in [2.45, 2.75) is 13.5 Å². The van der Waals surface area contributed by atoms with Crippen molar-refractivity contribution < 1.29 is 4.39 Å². The van der Waals surface area contributed by atoms with Crippen molar-refractivity contribution in [3.63, 3.8) is 0 Å². The normalized spacial score (nSPS) is 10.7. The maximum absolute atomic E-state index is 13.5. The van der Waals surface area contributed by atoms with Crippen molar-refractivity contribution in [1.29, 1.82) is 0 Å². The maximum atomic E-state index is 13.5. The highest BCUT2D eigenvalue weighted by molar-refractivity contribution is 5.85. The second-order valence-corrected chi connectivity index (χ2v) is 4.90. The Labute approximate surface area is 118 Å². The van der Waals surface area contributed by atoms with E-state index in [4.69, 9.17) is 0 Å². The Morgan fingerprint density at radius 1 is 0.900 bits per heavy atom. The first-order chi connectivity index (χ1) is 9.75. The Balaban J connectivity index is 1.89. The number of hydrogen-bond donors (Lipinski definition) is 1. The molecule has 0 fully saturated rings. The van der Waals surface area contributed by atoms with Crippen LogP contribution in [-0.4, -0.2) is 0 Å². The lowest BCUT2D eigenvalue weighted by Crippen LogP contribution is -2.02. The first-order valence-electron chi connectivity index (χ1n) is 6.71. The maximum Gasteiger partial charge on any atom is 0.128 e. The molecule has 0 saturated heterocycles. The van der Waals surface area contributed by atoms with Gasteiger partial charge in [0.05, 0.1) is 0 Å². The molecule has 3 aromatic rings. The van der Waals surface area contributed by atoms with Gasteiger partial charge in [-0.2, -0.15) is 0 Å². The number of nitrogens with one attached hydrogen (secondary N) is 1. The van der Waals surface area contributed by atoms with E-state index in [0.29, 0.717) is 12.1 Å². The highest BCUT2D eigenvalue weighted by Gasteiger charge is 2.04. The van der Waals surface area contributed by atoms with Crippen molar-refractivity contribution in [2.24, 2.45) is 0 Å². The third-order valence-electron chi connectivity index (χ3n) is 3.62. The van der Waals surface area contributed by atoms with E-state index < -0.39 is 0 Å². The average molecular weight is 265 g/mol. The van der Waals surface area contributed by atoms with Gasteiger partial charge in [0.25, 0.3) is 0 Å². The Hall–Kier alpha value is -2.35. The molecular formula is C18H16FN. The van der Waals surface area contributed by atoms with Gasteiger partial charge in [-0.1, -0.05) is 48.5 Å². The van der Waals surface area contributed by atoms with Crippen LogP contribution in [0.3, 0.4) is 0 Å². The van der Waals surface area contributed by atoms with Crippen LogP contribution in [0.25, 0.3) is 10.8 Å². The lowest BCUT2D eigenvalue weighted by Gasteiger charge is -2.12. The Morgan fingerprint density at radius 3 is 2.55 bits per heavy atom. The summed E-state index contributed by atoms with van der Waals surface area (Å²) in [5, 5.41) is 5.78. The molecule has 0 spiro atoms. The standard InChI is InChI=1S/C18H16FN/c1-13-17(19)10-5-11-18(13)20-12-15-8-4-7-14-6-2-3-9-16(14)15/h2-11,20H,12H2,1H3. The van der Waals surface area contributed by atoms with Gasteiger partial charge in [0.2, 0.25) is 0 Å². The fraction of sp³-hybridized carbons (Fsp3) is 0.111. The van der Waals surface area contributed by atoms with Crippen molar-refractivity contribution >= 4 is 16.5 Å². The first kappa shape index (κ1) is 12.7. The summed E-state index contributed by atoms with van der Waals surface area (Å²) >= 11 is 0. The molecule has 100 valence electrons.